The zero-order chi connectivity index (χ0) is 9.47. The molecule has 2 rings (SSSR count). The average Bonchev–Trinajstić information content (AvgIpc) is 2.57. The van der Waals surface area contributed by atoms with Gasteiger partial charge in [-0.1, -0.05) is 18.5 Å². The maximum Gasteiger partial charge on any atom is 0.0931 e. The highest BCUT2D eigenvalue weighted by Crippen LogP contribution is 2.54. The Morgan fingerprint density at radius 2 is 2.54 bits per heavy atom. The Labute approximate surface area is 88.1 Å². The summed E-state index contributed by atoms with van der Waals surface area (Å²) in [5.74, 6) is 0.795. The molecule has 3 heteroatoms. The monoisotopic (exact) mass is 215 g/mol. The van der Waals surface area contributed by atoms with Crippen LogP contribution in [0, 0.1) is 5.92 Å². The summed E-state index contributed by atoms with van der Waals surface area (Å²) in [6.07, 6.45) is 1.29. The van der Waals surface area contributed by atoms with Crippen molar-refractivity contribution in [3.63, 3.8) is 0 Å². The molecule has 72 valence electrons. The van der Waals surface area contributed by atoms with Crippen LogP contribution >= 0.6 is 22.9 Å². The van der Waals surface area contributed by atoms with Crippen LogP contribution in [0.2, 0.25) is 4.34 Å². The maximum absolute atomic E-state index is 5.92. The Bertz CT molecular complexity index is 310. The lowest BCUT2D eigenvalue weighted by Gasteiger charge is -2.08. The molecule has 1 aliphatic carbocycles. The Hall–Kier alpha value is -0.0500. The average molecular weight is 216 g/mol. The molecular weight excluding hydrogens is 202 g/mol. The molecule has 1 fully saturated rings. The molecule has 1 aromatic heterocycles. The van der Waals surface area contributed by atoms with Crippen molar-refractivity contribution in [3.05, 3.63) is 21.3 Å². The zero-order valence-electron chi connectivity index (χ0n) is 7.93. The molecule has 0 spiro atoms. The van der Waals surface area contributed by atoms with Gasteiger partial charge in [0.25, 0.3) is 0 Å². The van der Waals surface area contributed by atoms with Gasteiger partial charge in [-0.2, -0.15) is 0 Å². The van der Waals surface area contributed by atoms with Gasteiger partial charge < -0.3 is 5.32 Å². The van der Waals surface area contributed by atoms with Crippen LogP contribution in [0.25, 0.3) is 0 Å². The van der Waals surface area contributed by atoms with Crippen LogP contribution in [0.4, 0.5) is 0 Å². The molecular formula is C10H14ClNS. The molecule has 1 aliphatic rings. The summed E-state index contributed by atoms with van der Waals surface area (Å²) in [5, 5.41) is 5.42. The van der Waals surface area contributed by atoms with Crippen molar-refractivity contribution in [3.8, 4) is 0 Å². The number of nitrogens with one attached hydrogen (secondary N) is 1. The van der Waals surface area contributed by atoms with Gasteiger partial charge in [-0.05, 0) is 48.4 Å². The minimum absolute atomic E-state index is 0.395. The largest absolute Gasteiger partial charge is 0.319 e. The third kappa shape index (κ3) is 1.63. The Morgan fingerprint density at radius 1 is 1.77 bits per heavy atom. The van der Waals surface area contributed by atoms with Gasteiger partial charge in [0.2, 0.25) is 0 Å². The second-order valence-corrected chi connectivity index (χ2v) is 5.56. The lowest BCUT2D eigenvalue weighted by Crippen LogP contribution is -2.15. The normalized spacial score (nSPS) is 32.1. The van der Waals surface area contributed by atoms with Crippen LogP contribution in [0.3, 0.4) is 0 Å². The fourth-order valence-electron chi connectivity index (χ4n) is 1.96. The maximum atomic E-state index is 5.92. The summed E-state index contributed by atoms with van der Waals surface area (Å²) in [6, 6.07) is 2.11. The number of hydrogen-bond donors (Lipinski definition) is 1. The van der Waals surface area contributed by atoms with Gasteiger partial charge in [0.15, 0.2) is 0 Å². The lowest BCUT2D eigenvalue weighted by molar-refractivity contribution is 0.618. The fourth-order valence-corrected chi connectivity index (χ4v) is 2.98. The summed E-state index contributed by atoms with van der Waals surface area (Å²) in [4.78, 5) is 0. The quantitative estimate of drug-likeness (QED) is 0.818. The van der Waals surface area contributed by atoms with Crippen molar-refractivity contribution in [2.75, 3.05) is 13.6 Å². The van der Waals surface area contributed by atoms with Crippen molar-refractivity contribution in [2.45, 2.75) is 18.8 Å². The molecule has 1 heterocycles. The molecule has 13 heavy (non-hydrogen) atoms. The summed E-state index contributed by atoms with van der Waals surface area (Å²) >= 11 is 7.56. The van der Waals surface area contributed by atoms with E-state index in [9.17, 15) is 0 Å². The first-order valence-electron chi connectivity index (χ1n) is 4.56. The topological polar surface area (TPSA) is 12.0 Å². The number of thiophene rings is 1. The van der Waals surface area contributed by atoms with Gasteiger partial charge in [-0.3, -0.25) is 0 Å². The molecule has 1 saturated carbocycles. The van der Waals surface area contributed by atoms with Crippen molar-refractivity contribution < 1.29 is 0 Å². The SMILES string of the molecule is CNCC1CC1(C)c1csc(Cl)c1. The highest BCUT2D eigenvalue weighted by atomic mass is 35.5. The third-order valence-corrected chi connectivity index (χ3v) is 4.18. The van der Waals surface area contributed by atoms with Crippen molar-refractivity contribution in [1.29, 1.82) is 0 Å². The number of rotatable bonds is 3. The van der Waals surface area contributed by atoms with E-state index in [2.05, 4.69) is 23.7 Å². The van der Waals surface area contributed by atoms with E-state index in [0.717, 1.165) is 16.8 Å². The van der Waals surface area contributed by atoms with Crippen molar-refractivity contribution >= 4 is 22.9 Å². The Kier molecular flexibility index (Phi) is 2.39. The number of hydrogen-bond acceptors (Lipinski definition) is 2. The molecule has 0 radical (unpaired) electrons. The van der Waals surface area contributed by atoms with Crippen LogP contribution in [0.15, 0.2) is 11.4 Å². The molecule has 1 nitrogen and oxygen atoms in total. The lowest BCUT2D eigenvalue weighted by atomic mass is 9.99. The zero-order valence-corrected chi connectivity index (χ0v) is 9.50. The van der Waals surface area contributed by atoms with Crippen LogP contribution < -0.4 is 5.32 Å². The van der Waals surface area contributed by atoms with Crippen LogP contribution in [0.5, 0.6) is 0 Å². The molecule has 2 atom stereocenters. The first-order chi connectivity index (χ1) is 6.16. The molecule has 0 bridgehead atoms. The summed E-state index contributed by atoms with van der Waals surface area (Å²) in [5.41, 5.74) is 1.81. The van der Waals surface area contributed by atoms with E-state index in [1.54, 1.807) is 11.3 Å². The van der Waals surface area contributed by atoms with Crippen LogP contribution in [-0.2, 0) is 5.41 Å². The molecule has 0 amide bonds. The van der Waals surface area contributed by atoms with Gasteiger partial charge in [0.05, 0.1) is 4.34 Å². The third-order valence-electron chi connectivity index (χ3n) is 3.09. The van der Waals surface area contributed by atoms with E-state index in [1.165, 1.54) is 12.0 Å². The highest BCUT2D eigenvalue weighted by Gasteiger charge is 2.50. The molecule has 1 N–H and O–H groups in total. The van der Waals surface area contributed by atoms with Gasteiger partial charge in [0, 0.05) is 0 Å². The van der Waals surface area contributed by atoms with Gasteiger partial charge in [-0.25, -0.2) is 0 Å². The molecule has 0 aliphatic heterocycles. The van der Waals surface area contributed by atoms with Crippen molar-refractivity contribution in [2.24, 2.45) is 5.92 Å². The second-order valence-electron chi connectivity index (χ2n) is 4.02. The minimum atomic E-state index is 0.395. The first kappa shape index (κ1) is 9.50. The van der Waals surface area contributed by atoms with Gasteiger partial charge in [-0.15, -0.1) is 11.3 Å². The van der Waals surface area contributed by atoms with E-state index >= 15 is 0 Å². The van der Waals surface area contributed by atoms with E-state index in [4.69, 9.17) is 11.6 Å². The van der Waals surface area contributed by atoms with E-state index in [-0.39, 0.29) is 0 Å². The number of halogens is 1. The molecule has 0 saturated heterocycles. The highest BCUT2D eigenvalue weighted by molar-refractivity contribution is 7.14. The summed E-state index contributed by atoms with van der Waals surface area (Å²) in [6.45, 7) is 3.44. The van der Waals surface area contributed by atoms with E-state index < -0.39 is 0 Å². The van der Waals surface area contributed by atoms with Crippen LogP contribution in [-0.4, -0.2) is 13.6 Å². The van der Waals surface area contributed by atoms with Gasteiger partial charge in [0.1, 0.15) is 0 Å². The molecule has 0 aromatic carbocycles. The Morgan fingerprint density at radius 3 is 3.08 bits per heavy atom. The summed E-state index contributed by atoms with van der Waals surface area (Å²) < 4.78 is 0.909. The fraction of sp³-hybridized carbons (Fsp3) is 0.600. The van der Waals surface area contributed by atoms with Crippen LogP contribution in [0.1, 0.15) is 18.9 Å². The van der Waals surface area contributed by atoms with E-state index in [0.29, 0.717) is 5.41 Å². The first-order valence-corrected chi connectivity index (χ1v) is 5.81. The smallest absolute Gasteiger partial charge is 0.0931 e. The van der Waals surface area contributed by atoms with Crippen molar-refractivity contribution in [1.82, 2.24) is 5.32 Å². The van der Waals surface area contributed by atoms with Gasteiger partial charge >= 0.3 is 0 Å². The summed E-state index contributed by atoms with van der Waals surface area (Å²) in [7, 11) is 2.01. The standard InChI is InChI=1S/C10H14ClNS/c1-10(4-8(10)5-12-2)7-3-9(11)13-6-7/h3,6,8,12H,4-5H2,1-2H3. The van der Waals surface area contributed by atoms with E-state index in [1.807, 2.05) is 7.05 Å². The minimum Gasteiger partial charge on any atom is -0.319 e. The second kappa shape index (κ2) is 3.26. The molecule has 1 aromatic rings. The Balaban J connectivity index is 2.11. The predicted molar refractivity (Wildman–Crippen MR) is 58.7 cm³/mol. The predicted octanol–water partition coefficient (Wildman–Crippen LogP) is 2.90. The molecule has 2 unspecified atom stereocenters.